The molecule has 0 aliphatic rings. The number of nitrogens with two attached hydrogens (primary N) is 1. The molecule has 17 heavy (non-hydrogen) atoms. The average Bonchev–Trinajstić information content (AvgIpc) is 2.78. The van der Waals surface area contributed by atoms with E-state index in [0.29, 0.717) is 12.2 Å². The van der Waals surface area contributed by atoms with Crippen molar-refractivity contribution < 1.29 is 0 Å². The van der Waals surface area contributed by atoms with Gasteiger partial charge in [-0.3, -0.25) is 4.98 Å². The van der Waals surface area contributed by atoms with Gasteiger partial charge in [-0.2, -0.15) is 4.52 Å². The summed E-state index contributed by atoms with van der Waals surface area (Å²) in [4.78, 5) is 4.11. The molecule has 0 saturated heterocycles. The van der Waals surface area contributed by atoms with E-state index in [1.807, 2.05) is 0 Å². The standard InChI is InChI=1S/C10H17N7/c1-3-10(2,4-5-11)13-8-6-12-7-9-14-15-16-17(8)9/h6-7,13H,3-5,11H2,1-2H3. The topological polar surface area (TPSA) is 94.0 Å². The molecule has 0 saturated carbocycles. The lowest BCUT2D eigenvalue weighted by Crippen LogP contribution is -2.37. The van der Waals surface area contributed by atoms with Crippen molar-refractivity contribution >= 4 is 11.5 Å². The fourth-order valence-corrected chi connectivity index (χ4v) is 1.72. The third-order valence-corrected chi connectivity index (χ3v) is 3.01. The highest BCUT2D eigenvalue weighted by molar-refractivity contribution is 5.45. The molecule has 0 aliphatic heterocycles. The summed E-state index contributed by atoms with van der Waals surface area (Å²) in [5.41, 5.74) is 6.19. The molecule has 7 nitrogen and oxygen atoms in total. The van der Waals surface area contributed by atoms with Gasteiger partial charge in [-0.25, -0.2) is 0 Å². The fourth-order valence-electron chi connectivity index (χ4n) is 1.72. The minimum Gasteiger partial charge on any atom is -0.363 e. The van der Waals surface area contributed by atoms with Crippen LogP contribution in [0.4, 0.5) is 5.82 Å². The first-order valence-electron chi connectivity index (χ1n) is 5.69. The van der Waals surface area contributed by atoms with Gasteiger partial charge in [0.25, 0.3) is 0 Å². The van der Waals surface area contributed by atoms with E-state index in [2.05, 4.69) is 39.7 Å². The molecule has 0 radical (unpaired) electrons. The molecule has 2 aromatic rings. The molecule has 0 fully saturated rings. The Bertz CT molecular complexity index is 494. The monoisotopic (exact) mass is 235 g/mol. The van der Waals surface area contributed by atoms with Crippen molar-refractivity contribution in [2.75, 3.05) is 11.9 Å². The number of nitrogens with zero attached hydrogens (tertiary/aromatic N) is 5. The molecule has 2 heterocycles. The Kier molecular flexibility index (Phi) is 3.19. The molecule has 0 amide bonds. The van der Waals surface area contributed by atoms with Crippen molar-refractivity contribution in [3.8, 4) is 0 Å². The average molecular weight is 235 g/mol. The van der Waals surface area contributed by atoms with Crippen LogP contribution in [-0.2, 0) is 0 Å². The molecule has 1 atom stereocenters. The number of fused-ring (bicyclic) bond motifs is 1. The first-order valence-corrected chi connectivity index (χ1v) is 5.69. The van der Waals surface area contributed by atoms with Crippen molar-refractivity contribution in [1.29, 1.82) is 0 Å². The van der Waals surface area contributed by atoms with E-state index in [1.54, 1.807) is 16.9 Å². The van der Waals surface area contributed by atoms with Crippen LogP contribution in [0.3, 0.4) is 0 Å². The number of anilines is 1. The van der Waals surface area contributed by atoms with Crippen molar-refractivity contribution in [3.63, 3.8) is 0 Å². The molecule has 2 rings (SSSR count). The maximum Gasteiger partial charge on any atom is 0.199 e. The van der Waals surface area contributed by atoms with E-state index >= 15 is 0 Å². The highest BCUT2D eigenvalue weighted by Gasteiger charge is 2.22. The van der Waals surface area contributed by atoms with Gasteiger partial charge in [-0.05, 0) is 36.7 Å². The third-order valence-electron chi connectivity index (χ3n) is 3.01. The van der Waals surface area contributed by atoms with E-state index < -0.39 is 0 Å². The first kappa shape index (κ1) is 11.7. The Morgan fingerprint density at radius 2 is 2.29 bits per heavy atom. The van der Waals surface area contributed by atoms with Crippen molar-refractivity contribution in [1.82, 2.24) is 25.0 Å². The van der Waals surface area contributed by atoms with Gasteiger partial charge in [-0.1, -0.05) is 6.92 Å². The molecule has 2 aromatic heterocycles. The molecule has 0 aliphatic carbocycles. The number of hydrogen-bond acceptors (Lipinski definition) is 6. The molecule has 3 N–H and O–H groups in total. The second kappa shape index (κ2) is 4.62. The van der Waals surface area contributed by atoms with Crippen LogP contribution < -0.4 is 11.1 Å². The number of rotatable bonds is 5. The minimum absolute atomic E-state index is 0.0728. The number of nitrogens with one attached hydrogen (secondary N) is 1. The lowest BCUT2D eigenvalue weighted by Gasteiger charge is -2.30. The van der Waals surface area contributed by atoms with Crippen LogP contribution in [0.15, 0.2) is 12.4 Å². The molecular formula is C10H17N7. The van der Waals surface area contributed by atoms with Gasteiger partial charge in [0.15, 0.2) is 11.5 Å². The highest BCUT2D eigenvalue weighted by atomic mass is 15.5. The molecule has 0 bridgehead atoms. The second-order valence-electron chi connectivity index (χ2n) is 4.32. The number of aromatic nitrogens is 5. The van der Waals surface area contributed by atoms with Gasteiger partial charge in [0.2, 0.25) is 0 Å². The normalized spacial score (nSPS) is 14.8. The van der Waals surface area contributed by atoms with Crippen LogP contribution in [0.5, 0.6) is 0 Å². The van der Waals surface area contributed by atoms with E-state index in [4.69, 9.17) is 5.73 Å². The van der Waals surface area contributed by atoms with Gasteiger partial charge in [0.05, 0.1) is 12.4 Å². The molecule has 0 aromatic carbocycles. The van der Waals surface area contributed by atoms with Gasteiger partial charge in [0, 0.05) is 5.54 Å². The SMILES string of the molecule is CCC(C)(CCN)Nc1cncc2nnnn12. The Hall–Kier alpha value is -1.76. The maximum atomic E-state index is 5.63. The van der Waals surface area contributed by atoms with Crippen molar-refractivity contribution in [2.24, 2.45) is 5.73 Å². The van der Waals surface area contributed by atoms with E-state index in [0.717, 1.165) is 18.7 Å². The van der Waals surface area contributed by atoms with Crippen LogP contribution in [-0.4, -0.2) is 37.1 Å². The summed E-state index contributed by atoms with van der Waals surface area (Å²) in [6, 6.07) is 0. The van der Waals surface area contributed by atoms with Crippen LogP contribution in [0.2, 0.25) is 0 Å². The lowest BCUT2D eigenvalue weighted by molar-refractivity contribution is 0.460. The fraction of sp³-hybridized carbons (Fsp3) is 0.600. The van der Waals surface area contributed by atoms with E-state index in [9.17, 15) is 0 Å². The zero-order chi connectivity index (χ0) is 12.3. The Morgan fingerprint density at radius 3 is 3.00 bits per heavy atom. The minimum atomic E-state index is -0.0728. The van der Waals surface area contributed by atoms with Crippen LogP contribution in [0.25, 0.3) is 5.65 Å². The Balaban J connectivity index is 2.31. The second-order valence-corrected chi connectivity index (χ2v) is 4.32. The van der Waals surface area contributed by atoms with E-state index in [-0.39, 0.29) is 5.54 Å². The predicted octanol–water partition coefficient (Wildman–Crippen LogP) is 0.449. The summed E-state index contributed by atoms with van der Waals surface area (Å²) >= 11 is 0. The quantitative estimate of drug-likeness (QED) is 0.781. The predicted molar refractivity (Wildman–Crippen MR) is 64.6 cm³/mol. The van der Waals surface area contributed by atoms with Crippen LogP contribution >= 0.6 is 0 Å². The highest BCUT2D eigenvalue weighted by Crippen LogP contribution is 2.20. The summed E-state index contributed by atoms with van der Waals surface area (Å²) in [5, 5.41) is 14.8. The molecule has 7 heteroatoms. The van der Waals surface area contributed by atoms with Crippen LogP contribution in [0, 0.1) is 0 Å². The maximum absolute atomic E-state index is 5.63. The van der Waals surface area contributed by atoms with Crippen molar-refractivity contribution in [2.45, 2.75) is 32.2 Å². The third kappa shape index (κ3) is 2.33. The molecule has 1 unspecified atom stereocenters. The summed E-state index contributed by atoms with van der Waals surface area (Å²) < 4.78 is 1.64. The molecule has 0 spiro atoms. The number of tetrazole rings is 1. The largest absolute Gasteiger partial charge is 0.363 e. The van der Waals surface area contributed by atoms with Gasteiger partial charge >= 0.3 is 0 Å². The van der Waals surface area contributed by atoms with E-state index in [1.165, 1.54) is 0 Å². The Labute approximate surface area is 99.4 Å². The van der Waals surface area contributed by atoms with Crippen LogP contribution in [0.1, 0.15) is 26.7 Å². The Morgan fingerprint density at radius 1 is 1.47 bits per heavy atom. The van der Waals surface area contributed by atoms with Gasteiger partial charge in [-0.15, -0.1) is 5.10 Å². The zero-order valence-corrected chi connectivity index (χ0v) is 10.1. The van der Waals surface area contributed by atoms with Gasteiger partial charge < -0.3 is 11.1 Å². The zero-order valence-electron chi connectivity index (χ0n) is 10.1. The number of hydrogen-bond donors (Lipinski definition) is 2. The summed E-state index contributed by atoms with van der Waals surface area (Å²) in [5.74, 6) is 0.783. The summed E-state index contributed by atoms with van der Waals surface area (Å²) in [6.07, 6.45) is 5.18. The molecular weight excluding hydrogens is 218 g/mol. The summed E-state index contributed by atoms with van der Waals surface area (Å²) in [7, 11) is 0. The summed E-state index contributed by atoms with van der Waals surface area (Å²) in [6.45, 7) is 4.88. The lowest BCUT2D eigenvalue weighted by atomic mass is 9.94. The molecule has 92 valence electrons. The van der Waals surface area contributed by atoms with Gasteiger partial charge in [0.1, 0.15) is 0 Å². The van der Waals surface area contributed by atoms with Crippen molar-refractivity contribution in [3.05, 3.63) is 12.4 Å². The smallest absolute Gasteiger partial charge is 0.199 e. The first-order chi connectivity index (χ1) is 8.18.